The van der Waals surface area contributed by atoms with E-state index in [1.807, 2.05) is 18.2 Å². The summed E-state index contributed by atoms with van der Waals surface area (Å²) >= 11 is 0. The SMILES string of the molecule is CNC(=O)CCOc1cccc2c1CCC2=NO. The van der Waals surface area contributed by atoms with Crippen LogP contribution in [0.25, 0.3) is 0 Å². The maximum Gasteiger partial charge on any atom is 0.223 e. The number of benzene rings is 1. The maximum absolute atomic E-state index is 11.1. The van der Waals surface area contributed by atoms with Crippen molar-refractivity contribution in [2.75, 3.05) is 13.7 Å². The Morgan fingerprint density at radius 1 is 1.50 bits per heavy atom. The molecule has 0 heterocycles. The number of carbonyl (C=O) groups is 1. The van der Waals surface area contributed by atoms with E-state index in [0.717, 1.165) is 29.7 Å². The lowest BCUT2D eigenvalue weighted by Crippen LogP contribution is -2.20. The van der Waals surface area contributed by atoms with Crippen molar-refractivity contribution in [3.05, 3.63) is 29.3 Å². The van der Waals surface area contributed by atoms with Crippen LogP contribution >= 0.6 is 0 Å². The largest absolute Gasteiger partial charge is 0.493 e. The second-order valence-electron chi connectivity index (χ2n) is 4.10. The highest BCUT2D eigenvalue weighted by molar-refractivity contribution is 6.04. The van der Waals surface area contributed by atoms with E-state index in [4.69, 9.17) is 9.94 Å². The Balaban J connectivity index is 2.07. The summed E-state index contributed by atoms with van der Waals surface area (Å²) in [7, 11) is 1.60. The standard InChI is InChI=1S/C13H16N2O3/c1-14-13(16)7-8-18-12-4-2-3-9-10(12)5-6-11(9)15-17/h2-4,17H,5-8H2,1H3,(H,14,16). The van der Waals surface area contributed by atoms with Gasteiger partial charge in [0.05, 0.1) is 18.7 Å². The fraction of sp³-hybridized carbons (Fsp3) is 0.385. The highest BCUT2D eigenvalue weighted by Gasteiger charge is 2.21. The van der Waals surface area contributed by atoms with Gasteiger partial charge in [-0.15, -0.1) is 0 Å². The molecule has 0 bridgehead atoms. The first-order chi connectivity index (χ1) is 8.76. The second-order valence-corrected chi connectivity index (χ2v) is 4.10. The number of fused-ring (bicyclic) bond motifs is 1. The van der Waals surface area contributed by atoms with Gasteiger partial charge < -0.3 is 15.3 Å². The van der Waals surface area contributed by atoms with Crippen molar-refractivity contribution in [1.82, 2.24) is 5.32 Å². The van der Waals surface area contributed by atoms with E-state index < -0.39 is 0 Å². The number of oxime groups is 1. The van der Waals surface area contributed by atoms with Gasteiger partial charge in [-0.1, -0.05) is 17.3 Å². The molecule has 0 atom stereocenters. The molecule has 0 aromatic heterocycles. The molecule has 0 radical (unpaired) electrons. The summed E-state index contributed by atoms with van der Waals surface area (Å²) < 4.78 is 5.62. The van der Waals surface area contributed by atoms with E-state index in [1.165, 1.54) is 0 Å². The molecule has 1 amide bonds. The van der Waals surface area contributed by atoms with Crippen LogP contribution in [0.1, 0.15) is 24.0 Å². The van der Waals surface area contributed by atoms with Crippen LogP contribution in [0.3, 0.4) is 0 Å². The lowest BCUT2D eigenvalue weighted by atomic mass is 10.1. The highest BCUT2D eigenvalue weighted by atomic mass is 16.5. The number of ether oxygens (including phenoxy) is 1. The molecule has 96 valence electrons. The molecule has 1 aliphatic carbocycles. The third kappa shape index (κ3) is 2.45. The molecule has 0 saturated carbocycles. The Kier molecular flexibility index (Phi) is 3.82. The average molecular weight is 248 g/mol. The first-order valence-electron chi connectivity index (χ1n) is 5.93. The molecule has 2 rings (SSSR count). The van der Waals surface area contributed by atoms with Crippen molar-refractivity contribution < 1.29 is 14.7 Å². The molecule has 5 heteroatoms. The van der Waals surface area contributed by atoms with E-state index in [-0.39, 0.29) is 5.91 Å². The van der Waals surface area contributed by atoms with Crippen LogP contribution in [-0.2, 0) is 11.2 Å². The monoisotopic (exact) mass is 248 g/mol. The third-order valence-corrected chi connectivity index (χ3v) is 3.04. The van der Waals surface area contributed by atoms with E-state index >= 15 is 0 Å². The van der Waals surface area contributed by atoms with Crippen LogP contribution in [0.15, 0.2) is 23.4 Å². The van der Waals surface area contributed by atoms with Gasteiger partial charge in [-0.25, -0.2) is 0 Å². The first kappa shape index (κ1) is 12.4. The fourth-order valence-electron chi connectivity index (χ4n) is 2.09. The van der Waals surface area contributed by atoms with Gasteiger partial charge >= 0.3 is 0 Å². The second kappa shape index (κ2) is 5.53. The van der Waals surface area contributed by atoms with Crippen LogP contribution in [0.4, 0.5) is 0 Å². The van der Waals surface area contributed by atoms with Gasteiger partial charge in [0.15, 0.2) is 0 Å². The number of nitrogens with one attached hydrogen (secondary N) is 1. The molecule has 0 aliphatic heterocycles. The Morgan fingerprint density at radius 2 is 2.33 bits per heavy atom. The van der Waals surface area contributed by atoms with Crippen molar-refractivity contribution in [2.24, 2.45) is 5.16 Å². The molecule has 0 spiro atoms. The molecule has 5 nitrogen and oxygen atoms in total. The molecule has 18 heavy (non-hydrogen) atoms. The van der Waals surface area contributed by atoms with Gasteiger partial charge in [0.1, 0.15) is 5.75 Å². The molecule has 2 N–H and O–H groups in total. The third-order valence-electron chi connectivity index (χ3n) is 3.04. The molecule has 0 unspecified atom stereocenters. The summed E-state index contributed by atoms with van der Waals surface area (Å²) in [6.07, 6.45) is 1.87. The van der Waals surface area contributed by atoms with Gasteiger partial charge in [0.25, 0.3) is 0 Å². The number of hydrogen-bond donors (Lipinski definition) is 2. The Labute approximate surface area is 105 Å². The molecular formula is C13H16N2O3. The van der Waals surface area contributed by atoms with Gasteiger partial charge in [-0.05, 0) is 18.9 Å². The summed E-state index contributed by atoms with van der Waals surface area (Å²) in [6.45, 7) is 0.349. The van der Waals surface area contributed by atoms with Crippen LogP contribution in [0.5, 0.6) is 5.75 Å². The summed E-state index contributed by atoms with van der Waals surface area (Å²) in [4.78, 5) is 11.1. The fourth-order valence-corrected chi connectivity index (χ4v) is 2.09. The van der Waals surface area contributed by atoms with E-state index in [1.54, 1.807) is 7.05 Å². The van der Waals surface area contributed by atoms with Crippen molar-refractivity contribution in [2.45, 2.75) is 19.3 Å². The van der Waals surface area contributed by atoms with Crippen LogP contribution < -0.4 is 10.1 Å². The summed E-state index contributed by atoms with van der Waals surface area (Å²) in [5.41, 5.74) is 2.69. The lowest BCUT2D eigenvalue weighted by Gasteiger charge is -2.10. The summed E-state index contributed by atoms with van der Waals surface area (Å²) in [6, 6.07) is 5.66. The smallest absolute Gasteiger partial charge is 0.223 e. The Bertz CT molecular complexity index is 483. The number of carbonyl (C=O) groups excluding carboxylic acids is 1. The molecule has 1 aromatic carbocycles. The molecule has 0 saturated heterocycles. The van der Waals surface area contributed by atoms with Crippen LogP contribution in [0, 0.1) is 0 Å². The number of nitrogens with zero attached hydrogens (tertiary/aromatic N) is 1. The molecule has 1 aromatic rings. The summed E-state index contributed by atoms with van der Waals surface area (Å²) in [5, 5.41) is 14.7. The lowest BCUT2D eigenvalue weighted by molar-refractivity contribution is -0.121. The normalized spacial score (nSPS) is 15.5. The summed E-state index contributed by atoms with van der Waals surface area (Å²) in [5.74, 6) is 0.732. The van der Waals surface area contributed by atoms with E-state index in [9.17, 15) is 4.79 Å². The maximum atomic E-state index is 11.1. The quantitative estimate of drug-likeness (QED) is 0.623. The van der Waals surface area contributed by atoms with Crippen molar-refractivity contribution in [3.63, 3.8) is 0 Å². The number of hydrogen-bond acceptors (Lipinski definition) is 4. The van der Waals surface area contributed by atoms with Gasteiger partial charge in [0, 0.05) is 18.2 Å². The molecule has 1 aliphatic rings. The van der Waals surface area contributed by atoms with Gasteiger partial charge in [-0.2, -0.15) is 0 Å². The van der Waals surface area contributed by atoms with Crippen molar-refractivity contribution in [1.29, 1.82) is 0 Å². The minimum Gasteiger partial charge on any atom is -0.493 e. The Morgan fingerprint density at radius 3 is 3.06 bits per heavy atom. The zero-order valence-electron chi connectivity index (χ0n) is 10.3. The highest BCUT2D eigenvalue weighted by Crippen LogP contribution is 2.30. The van der Waals surface area contributed by atoms with Crippen LogP contribution in [-0.4, -0.2) is 30.5 Å². The minimum absolute atomic E-state index is 0.0415. The van der Waals surface area contributed by atoms with Crippen molar-refractivity contribution >= 4 is 11.6 Å². The predicted molar refractivity (Wildman–Crippen MR) is 67.3 cm³/mol. The van der Waals surface area contributed by atoms with Gasteiger partial charge in [-0.3, -0.25) is 4.79 Å². The Hall–Kier alpha value is -2.04. The van der Waals surface area contributed by atoms with Crippen molar-refractivity contribution in [3.8, 4) is 5.75 Å². The topological polar surface area (TPSA) is 70.9 Å². The minimum atomic E-state index is -0.0415. The van der Waals surface area contributed by atoms with E-state index in [2.05, 4.69) is 10.5 Å². The predicted octanol–water partition coefficient (Wildman–Crippen LogP) is 1.33. The number of rotatable bonds is 4. The molecule has 0 fully saturated rings. The molecular weight excluding hydrogens is 232 g/mol. The average Bonchev–Trinajstić information content (AvgIpc) is 2.82. The van der Waals surface area contributed by atoms with E-state index in [0.29, 0.717) is 18.7 Å². The van der Waals surface area contributed by atoms with Gasteiger partial charge in [0.2, 0.25) is 5.91 Å². The number of amides is 1. The first-order valence-corrected chi connectivity index (χ1v) is 5.93. The van der Waals surface area contributed by atoms with Crippen LogP contribution in [0.2, 0.25) is 0 Å². The zero-order chi connectivity index (χ0) is 13.0. The zero-order valence-corrected chi connectivity index (χ0v) is 10.3.